The maximum Gasteiger partial charge on any atom is 0.417 e. The lowest BCUT2D eigenvalue weighted by molar-refractivity contribution is -0.894. The number of nitrogens with zero attached hydrogens (tertiary/aromatic N) is 5. The number of esters is 1. The smallest absolute Gasteiger partial charge is 0.417 e. The van der Waals surface area contributed by atoms with Gasteiger partial charge < -0.3 is 14.1 Å². The molecule has 13 rings (SSSR count). The number of alkyl halides is 3. The molecule has 0 spiro atoms. The molecule has 12 aromatic rings. The van der Waals surface area contributed by atoms with Crippen molar-refractivity contribution >= 4 is 45.0 Å². The number of sulfone groups is 1. The highest BCUT2D eigenvalue weighted by Gasteiger charge is 2.32. The third-order valence-corrected chi connectivity index (χ3v) is 24.8. The van der Waals surface area contributed by atoms with E-state index in [4.69, 9.17) is 0 Å². The Morgan fingerprint density at radius 3 is 1.09 bits per heavy atom. The Labute approximate surface area is 847 Å². The number of hydrogen-bond acceptors (Lipinski definition) is 11. The van der Waals surface area contributed by atoms with Gasteiger partial charge in [0, 0.05) is 63.5 Å². The Morgan fingerprint density at radius 1 is 0.386 bits per heavy atom. The normalized spacial score (nSPS) is 11.8. The molecule has 0 radical (unpaired) electrons. The summed E-state index contributed by atoms with van der Waals surface area (Å²) >= 11 is 1.80. The first-order chi connectivity index (χ1) is 65.6. The SMILES string of the molecule is CC(=O)c1cccc(C(C)C)c1.CC(=O)c1cccc(C(C)C)c1.CC(C)c1cccc(C(=O)N2CC[N+](C)(C)CC2)c1.CC(C)c1cccc(S(C)(=O)=O)c1.CC(C)c1ccccc1.CC(C)c1ccccc1.CC(C)c1ccccn1.CC(C)c1cncc(C(F)(F)F)c1.COC(=O)c1cccc(C(C)C)c1.CSc1cccc(C(C)C)c1.Cc1cccc(C(C)C)n1.Cc1ccccc1C(C)C. The molecule has 1 aliphatic heterocycles. The fourth-order valence-corrected chi connectivity index (χ4v) is 14.5. The van der Waals surface area contributed by atoms with Crippen molar-refractivity contribution in [3.63, 3.8) is 0 Å². The molecule has 1 aliphatic rings. The minimum atomic E-state index is -4.29. The zero-order valence-electron chi connectivity index (χ0n) is 90.5. The van der Waals surface area contributed by atoms with Gasteiger partial charge in [-0.1, -0.05) is 348 Å². The number of ketones is 2. The summed E-state index contributed by atoms with van der Waals surface area (Å²) in [6.45, 7) is 62.2. The van der Waals surface area contributed by atoms with Crippen LogP contribution in [0.5, 0.6) is 0 Å². The quantitative estimate of drug-likeness (QED) is 0.0349. The van der Waals surface area contributed by atoms with Crippen LogP contribution >= 0.6 is 11.8 Å². The van der Waals surface area contributed by atoms with E-state index in [1.165, 1.54) is 74.7 Å². The summed E-state index contributed by atoms with van der Waals surface area (Å²) < 4.78 is 64.6. The summed E-state index contributed by atoms with van der Waals surface area (Å²) in [5, 5.41) is 0. The number of aryl methyl sites for hydroxylation is 2. The Kier molecular flexibility index (Phi) is 57.9. The molecule has 12 nitrogen and oxygen atoms in total. The number of thioether (sulfide) groups is 1. The van der Waals surface area contributed by atoms with E-state index in [1.807, 2.05) is 161 Å². The van der Waals surface area contributed by atoms with Gasteiger partial charge in [0.1, 0.15) is 0 Å². The predicted octanol–water partition coefficient (Wildman–Crippen LogP) is 33.4. The van der Waals surface area contributed by atoms with Crippen LogP contribution in [0.4, 0.5) is 13.2 Å². The Balaban J connectivity index is 0.000000519. The zero-order valence-corrected chi connectivity index (χ0v) is 92.1. The molecule has 0 bridgehead atoms. The van der Waals surface area contributed by atoms with Crippen LogP contribution in [0.1, 0.15) is 376 Å². The lowest BCUT2D eigenvalue weighted by atomic mass is 9.99. The molecule has 0 unspecified atom stereocenters. The van der Waals surface area contributed by atoms with Crippen molar-refractivity contribution in [2.75, 3.05) is 59.9 Å². The van der Waals surface area contributed by atoms with E-state index < -0.39 is 21.6 Å². The lowest BCUT2D eigenvalue weighted by Crippen LogP contribution is -2.56. The molecule has 4 heterocycles. The number of carbonyl (C=O) groups is 4. The minimum Gasteiger partial charge on any atom is -0.465 e. The standard InChI is InChI=1S/C16H25N2O.C11H14O2.2C11H14O.C10H14O2S.C10H14S.C10H14.C9H10F3N.C9H13N.2C9H12.C8H11N/c1-13(2)14-6-5-7-15(12-14)16(19)17-8-10-18(3,4)11-9-17;1-8(2)9-5-4-6-10(7-9)11(12)13-3;2*1-8(2)10-5-4-6-11(7-10)9(3)12;1-8(2)9-5-4-6-10(7-9)13(3,11)12;1-8(2)9-5-4-6-10(7-9)11-3;1-8(2)10-7-5-4-6-9(10)3;1-6(2)7-3-8(5-13-4-7)9(10,11)12;1-7(2)9-6-4-5-8(3)10-9;2*1-8(2)9-6-4-3-5-7-9;1-7(2)8-5-3-4-6-9-8/h5-7,12-13H,8-11H2,1-4H3;4-8H,1-3H3;2*4-8H,1-3H3;4-8H,1-3H3;4-8H,1-3H3;4-8H,1-3H3;3-6H,1-2H3;4-7H,1-3H3;2*3-8H,1-2H3;3-7H,1-2H3/q+1;;;;;;;;;;;. The van der Waals surface area contributed by atoms with E-state index in [1.54, 1.807) is 49.9 Å². The number of hydrogen-bond donors (Lipinski definition) is 0. The number of pyridine rings is 3. The number of rotatable bonds is 18. The van der Waals surface area contributed by atoms with Gasteiger partial charge in [-0.05, 0) is 257 Å². The van der Waals surface area contributed by atoms with Gasteiger partial charge in [0.2, 0.25) is 0 Å². The van der Waals surface area contributed by atoms with E-state index in [-0.39, 0.29) is 29.4 Å². The number of aromatic nitrogens is 3. The molecular formula is C123H167F3N5O7S2+. The second kappa shape index (κ2) is 65.0. The van der Waals surface area contributed by atoms with Gasteiger partial charge in [0.15, 0.2) is 21.4 Å². The molecule has 758 valence electrons. The number of halogens is 3. The van der Waals surface area contributed by atoms with Crippen molar-refractivity contribution in [3.05, 3.63) is 398 Å². The Hall–Kier alpha value is -11.2. The monoisotopic (exact) mass is 1950 g/mol. The number of methoxy groups -OCH3 is 1. The average molecular weight is 1950 g/mol. The van der Waals surface area contributed by atoms with E-state index in [0.29, 0.717) is 81.1 Å². The summed E-state index contributed by atoms with van der Waals surface area (Å²) in [5.41, 5.74) is 19.5. The minimum absolute atomic E-state index is 0.0646. The largest absolute Gasteiger partial charge is 0.465 e. The summed E-state index contributed by atoms with van der Waals surface area (Å²) in [7, 11) is 2.78. The van der Waals surface area contributed by atoms with Crippen LogP contribution in [0.3, 0.4) is 0 Å². The van der Waals surface area contributed by atoms with Gasteiger partial charge in [0.25, 0.3) is 5.91 Å². The van der Waals surface area contributed by atoms with Crippen molar-refractivity contribution in [1.29, 1.82) is 0 Å². The van der Waals surface area contributed by atoms with Gasteiger partial charge in [0.05, 0.1) is 63.4 Å². The molecule has 1 fully saturated rings. The molecule has 9 aromatic carbocycles. The lowest BCUT2D eigenvalue weighted by Gasteiger charge is -2.39. The first kappa shape index (κ1) is 125. The number of amides is 1. The van der Waals surface area contributed by atoms with E-state index >= 15 is 0 Å². The van der Waals surface area contributed by atoms with Crippen LogP contribution in [-0.2, 0) is 20.8 Å². The van der Waals surface area contributed by atoms with Crippen molar-refractivity contribution in [2.24, 2.45) is 0 Å². The first-order valence-corrected chi connectivity index (χ1v) is 52.3. The van der Waals surface area contributed by atoms with Crippen molar-refractivity contribution < 1.29 is 50.0 Å². The molecule has 140 heavy (non-hydrogen) atoms. The molecule has 1 amide bonds. The van der Waals surface area contributed by atoms with E-state index in [2.05, 4.69) is 313 Å². The van der Waals surface area contributed by atoms with E-state index in [9.17, 15) is 40.8 Å². The predicted molar refractivity (Wildman–Crippen MR) is 588 cm³/mol. The number of quaternary nitrogens is 1. The second-order valence-corrected chi connectivity index (χ2v) is 42.3. The van der Waals surface area contributed by atoms with Crippen LogP contribution in [0.25, 0.3) is 0 Å². The molecular weight excluding hydrogens is 1780 g/mol. The molecule has 0 N–H and O–H groups in total. The third kappa shape index (κ3) is 50.2. The van der Waals surface area contributed by atoms with Crippen LogP contribution in [0.15, 0.2) is 301 Å². The van der Waals surface area contributed by atoms with Gasteiger partial charge in [-0.25, -0.2) is 13.2 Å². The van der Waals surface area contributed by atoms with Gasteiger partial charge in [-0.3, -0.25) is 29.3 Å². The number of ether oxygens (including phenoxy) is 1. The molecule has 0 atom stereocenters. The van der Waals surface area contributed by atoms with Crippen molar-refractivity contribution in [2.45, 2.75) is 281 Å². The van der Waals surface area contributed by atoms with Crippen LogP contribution < -0.4 is 0 Å². The first-order valence-electron chi connectivity index (χ1n) is 49.2. The maximum absolute atomic E-state index is 12.5. The number of likely N-dealkylation sites (N-methyl/N-ethyl adjacent to an activating group) is 1. The van der Waals surface area contributed by atoms with Gasteiger partial charge >= 0.3 is 12.1 Å². The molecule has 17 heteroatoms. The highest BCUT2D eigenvalue weighted by Crippen LogP contribution is 2.31. The fraction of sp³-hybridized carbons (Fsp3) is 0.407. The molecule has 0 saturated carbocycles. The Bertz CT molecular complexity index is 5500. The van der Waals surface area contributed by atoms with Crippen LogP contribution in [0, 0.1) is 13.8 Å². The van der Waals surface area contributed by atoms with Crippen LogP contribution in [0.2, 0.25) is 0 Å². The molecule has 0 aliphatic carbocycles. The number of carbonyl (C=O) groups excluding carboxylic acids is 4. The highest BCUT2D eigenvalue weighted by molar-refractivity contribution is 7.98. The van der Waals surface area contributed by atoms with Crippen molar-refractivity contribution in [3.8, 4) is 0 Å². The van der Waals surface area contributed by atoms with Gasteiger partial charge in [-0.15, -0.1) is 11.8 Å². The molecule has 1 saturated heterocycles. The highest BCUT2D eigenvalue weighted by atomic mass is 32.2. The average Bonchev–Trinajstić information content (AvgIpc) is 0.852. The maximum atomic E-state index is 12.5. The number of Topliss-reactive ketones (excluding diaryl/α,β-unsaturated/α-hetero) is 2. The second-order valence-electron chi connectivity index (χ2n) is 39.4. The van der Waals surface area contributed by atoms with Crippen LogP contribution in [-0.4, -0.2) is 116 Å². The number of benzene rings is 9. The number of piperazine rings is 1. The fourth-order valence-electron chi connectivity index (χ4n) is 13.3. The van der Waals surface area contributed by atoms with Gasteiger partial charge in [-0.2, -0.15) is 13.2 Å². The zero-order chi connectivity index (χ0) is 106. The summed E-state index contributed by atoms with van der Waals surface area (Å²) in [6.07, 6.45) is 3.17. The summed E-state index contributed by atoms with van der Waals surface area (Å²) in [4.78, 5) is 61.6. The topological polar surface area (TPSA) is 154 Å². The third-order valence-electron chi connectivity index (χ3n) is 22.9. The van der Waals surface area contributed by atoms with E-state index in [0.717, 1.165) is 82.1 Å². The van der Waals surface area contributed by atoms with Crippen molar-refractivity contribution in [1.82, 2.24) is 19.9 Å². The summed E-state index contributed by atoms with van der Waals surface area (Å²) in [5.74, 6) is 6.19. The molecule has 3 aromatic heterocycles. The summed E-state index contributed by atoms with van der Waals surface area (Å²) in [6, 6.07) is 89.9. The Morgan fingerprint density at radius 2 is 0.743 bits per heavy atom.